The fourth-order valence-electron chi connectivity index (χ4n) is 5.42. The normalized spacial score (nSPS) is 13.3. The molecule has 0 amide bonds. The van der Waals surface area contributed by atoms with Crippen molar-refractivity contribution >= 4 is 23.7 Å². The van der Waals surface area contributed by atoms with Crippen molar-refractivity contribution in [3.05, 3.63) is 101 Å². The van der Waals surface area contributed by atoms with Crippen LogP contribution < -0.4 is 14.4 Å². The lowest BCUT2D eigenvalue weighted by Crippen LogP contribution is -2.23. The van der Waals surface area contributed by atoms with E-state index >= 15 is 4.57 Å². The molecule has 4 aromatic carbocycles. The number of fused-ring (bicyclic) bond motifs is 1. The third-order valence-electron chi connectivity index (χ3n) is 8.12. The maximum Gasteiger partial charge on any atom is 0.463 e. The standard InChI is InChI=1S/C39H51O3P/c1-26-18-19-27-16-14-15-17-30(27)35(26)43(40,41-33-22-20-28(36(2,3)4)24-31(33)38(8,9)10)42-34-23-21-29(37(5,6)7)25-32(34)39(11,12)13/h14-25H,1-13H3. The van der Waals surface area contributed by atoms with Crippen molar-refractivity contribution in [2.24, 2.45) is 0 Å². The third kappa shape index (κ3) is 7.04. The van der Waals surface area contributed by atoms with Crippen molar-refractivity contribution < 1.29 is 13.6 Å². The average molecular weight is 599 g/mol. The fraction of sp³-hybridized carbons (Fsp3) is 0.436. The largest absolute Gasteiger partial charge is 0.463 e. The molecule has 0 atom stereocenters. The minimum atomic E-state index is -4.00. The van der Waals surface area contributed by atoms with Crippen LogP contribution in [-0.2, 0) is 26.2 Å². The van der Waals surface area contributed by atoms with Gasteiger partial charge in [-0.05, 0) is 68.2 Å². The molecule has 0 fully saturated rings. The average Bonchev–Trinajstić information content (AvgIpc) is 2.86. The Morgan fingerprint density at radius 1 is 0.535 bits per heavy atom. The van der Waals surface area contributed by atoms with Gasteiger partial charge in [0.2, 0.25) is 0 Å². The maximum atomic E-state index is 15.7. The summed E-state index contributed by atoms with van der Waals surface area (Å²) in [6.45, 7) is 28.2. The zero-order valence-corrected chi connectivity index (χ0v) is 29.5. The minimum absolute atomic E-state index is 0.0403. The Morgan fingerprint density at radius 2 is 0.977 bits per heavy atom. The lowest BCUT2D eigenvalue weighted by atomic mass is 9.80. The van der Waals surface area contributed by atoms with Gasteiger partial charge in [0, 0.05) is 11.1 Å². The highest BCUT2D eigenvalue weighted by molar-refractivity contribution is 7.63. The van der Waals surface area contributed by atoms with Crippen LogP contribution in [0.2, 0.25) is 0 Å². The van der Waals surface area contributed by atoms with Crippen molar-refractivity contribution in [3.63, 3.8) is 0 Å². The molecule has 4 heteroatoms. The van der Waals surface area contributed by atoms with E-state index in [4.69, 9.17) is 9.05 Å². The molecule has 0 heterocycles. The van der Waals surface area contributed by atoms with Crippen molar-refractivity contribution in [2.45, 2.75) is 112 Å². The van der Waals surface area contributed by atoms with Crippen LogP contribution in [0.15, 0.2) is 72.8 Å². The quantitative estimate of drug-likeness (QED) is 0.214. The first-order chi connectivity index (χ1) is 19.6. The van der Waals surface area contributed by atoms with Crippen LogP contribution in [-0.4, -0.2) is 0 Å². The van der Waals surface area contributed by atoms with E-state index in [9.17, 15) is 0 Å². The van der Waals surface area contributed by atoms with Gasteiger partial charge >= 0.3 is 7.60 Å². The van der Waals surface area contributed by atoms with E-state index in [-0.39, 0.29) is 21.7 Å². The molecule has 0 spiro atoms. The van der Waals surface area contributed by atoms with Crippen molar-refractivity contribution in [1.82, 2.24) is 0 Å². The molecule has 0 bridgehead atoms. The smallest absolute Gasteiger partial charge is 0.412 e. The molecule has 3 nitrogen and oxygen atoms in total. The zero-order chi connectivity index (χ0) is 32.2. The molecule has 0 unspecified atom stereocenters. The summed E-state index contributed by atoms with van der Waals surface area (Å²) in [4.78, 5) is 0. The first kappa shape index (κ1) is 32.9. The third-order valence-corrected chi connectivity index (χ3v) is 10.1. The molecule has 0 radical (unpaired) electrons. The Morgan fingerprint density at radius 3 is 1.40 bits per heavy atom. The van der Waals surface area contributed by atoms with Gasteiger partial charge in [-0.25, -0.2) is 4.57 Å². The predicted octanol–water partition coefficient (Wildman–Crippen LogP) is 11.3. The van der Waals surface area contributed by atoms with Gasteiger partial charge in [-0.2, -0.15) is 0 Å². The van der Waals surface area contributed by atoms with E-state index in [0.717, 1.165) is 27.5 Å². The number of rotatable bonds is 5. The van der Waals surface area contributed by atoms with Gasteiger partial charge in [0.1, 0.15) is 11.5 Å². The van der Waals surface area contributed by atoms with Crippen LogP contribution in [0.25, 0.3) is 10.8 Å². The minimum Gasteiger partial charge on any atom is -0.412 e. The Balaban J connectivity index is 2.02. The van der Waals surface area contributed by atoms with Gasteiger partial charge in [-0.3, -0.25) is 0 Å². The van der Waals surface area contributed by atoms with Crippen LogP contribution in [0.4, 0.5) is 0 Å². The summed E-state index contributed by atoms with van der Waals surface area (Å²) < 4.78 is 29.3. The molecule has 0 aliphatic rings. The van der Waals surface area contributed by atoms with Gasteiger partial charge in [0.25, 0.3) is 0 Å². The molecule has 0 aliphatic carbocycles. The summed E-state index contributed by atoms with van der Waals surface area (Å²) in [5.74, 6) is 1.17. The molecular formula is C39H51O3P. The maximum absolute atomic E-state index is 15.7. The number of hydrogen-bond donors (Lipinski definition) is 0. The highest BCUT2D eigenvalue weighted by Gasteiger charge is 2.38. The SMILES string of the molecule is Cc1ccc2ccccc2c1P(=O)(Oc1ccc(C(C)(C)C)cc1C(C)(C)C)Oc1ccc(C(C)(C)C)cc1C(C)(C)C. The lowest BCUT2D eigenvalue weighted by Gasteiger charge is -2.31. The molecule has 4 aromatic rings. The molecule has 230 valence electrons. The topological polar surface area (TPSA) is 35.5 Å². The van der Waals surface area contributed by atoms with E-state index in [0.29, 0.717) is 16.8 Å². The summed E-state index contributed by atoms with van der Waals surface area (Å²) in [6.07, 6.45) is 0. The number of hydrogen-bond acceptors (Lipinski definition) is 3. The van der Waals surface area contributed by atoms with Crippen molar-refractivity contribution in [2.75, 3.05) is 0 Å². The molecule has 0 saturated carbocycles. The second kappa shape index (κ2) is 11.2. The lowest BCUT2D eigenvalue weighted by molar-refractivity contribution is 0.387. The molecule has 0 aliphatic heterocycles. The van der Waals surface area contributed by atoms with Crippen LogP contribution in [0, 0.1) is 6.92 Å². The van der Waals surface area contributed by atoms with Gasteiger partial charge in [0.05, 0.1) is 5.30 Å². The van der Waals surface area contributed by atoms with Crippen LogP contribution in [0.3, 0.4) is 0 Å². The summed E-state index contributed by atoms with van der Waals surface area (Å²) in [5, 5.41) is 2.47. The first-order valence-electron chi connectivity index (χ1n) is 15.4. The first-order valence-corrected chi connectivity index (χ1v) is 16.9. The number of aryl methyl sites for hydroxylation is 1. The summed E-state index contributed by atoms with van der Waals surface area (Å²) in [5.41, 5.74) is 4.70. The van der Waals surface area contributed by atoms with E-state index in [2.05, 4.69) is 113 Å². The van der Waals surface area contributed by atoms with E-state index < -0.39 is 7.60 Å². The molecule has 0 aromatic heterocycles. The Bertz CT molecular complexity index is 1600. The Labute approximate surface area is 260 Å². The van der Waals surface area contributed by atoms with Crippen molar-refractivity contribution in [1.29, 1.82) is 0 Å². The van der Waals surface area contributed by atoms with Gasteiger partial charge in [-0.1, -0.05) is 144 Å². The fourth-order valence-corrected chi connectivity index (χ4v) is 7.48. The zero-order valence-electron chi connectivity index (χ0n) is 28.6. The van der Waals surface area contributed by atoms with Gasteiger partial charge < -0.3 is 9.05 Å². The molecular weight excluding hydrogens is 547 g/mol. The van der Waals surface area contributed by atoms with Crippen LogP contribution in [0.5, 0.6) is 11.5 Å². The summed E-state index contributed by atoms with van der Waals surface area (Å²) in [7, 11) is -4.00. The second-order valence-corrected chi connectivity index (χ2v) is 17.9. The van der Waals surface area contributed by atoms with Gasteiger partial charge in [-0.15, -0.1) is 0 Å². The molecule has 0 saturated heterocycles. The second-order valence-electron chi connectivity index (χ2n) is 16.1. The highest BCUT2D eigenvalue weighted by Crippen LogP contribution is 2.53. The molecule has 4 rings (SSSR count). The van der Waals surface area contributed by atoms with Gasteiger partial charge in [0.15, 0.2) is 0 Å². The summed E-state index contributed by atoms with van der Waals surface area (Å²) in [6, 6.07) is 24.6. The van der Waals surface area contributed by atoms with E-state index in [1.54, 1.807) is 0 Å². The predicted molar refractivity (Wildman–Crippen MR) is 185 cm³/mol. The number of benzene rings is 4. The highest BCUT2D eigenvalue weighted by atomic mass is 31.2. The van der Waals surface area contributed by atoms with E-state index in [1.807, 2.05) is 49.4 Å². The van der Waals surface area contributed by atoms with E-state index in [1.165, 1.54) is 11.1 Å². The van der Waals surface area contributed by atoms with Crippen molar-refractivity contribution in [3.8, 4) is 11.5 Å². The van der Waals surface area contributed by atoms with Crippen LogP contribution >= 0.6 is 7.60 Å². The summed E-state index contributed by atoms with van der Waals surface area (Å²) >= 11 is 0. The van der Waals surface area contributed by atoms with Crippen LogP contribution in [0.1, 0.15) is 111 Å². The molecule has 0 N–H and O–H groups in total. The monoisotopic (exact) mass is 598 g/mol. The Hall–Kier alpha value is -3.03. The molecule has 43 heavy (non-hydrogen) atoms. The Kier molecular flexibility index (Phi) is 8.53.